The number of hydrogen-bond acceptors (Lipinski definition) is 2. The molecule has 0 bridgehead atoms. The molecule has 0 heterocycles. The van der Waals surface area contributed by atoms with Crippen molar-refractivity contribution in [1.29, 1.82) is 0 Å². The summed E-state index contributed by atoms with van der Waals surface area (Å²) >= 11 is 0. The van der Waals surface area contributed by atoms with Crippen LogP contribution in [0.2, 0.25) is 0 Å². The molecule has 4 heteroatoms. The quantitative estimate of drug-likeness (QED) is 0.752. The maximum Gasteiger partial charge on any atom is 0.310 e. The lowest BCUT2D eigenvalue weighted by Gasteiger charge is -2.27. The van der Waals surface area contributed by atoms with Crippen LogP contribution in [0.25, 0.3) is 0 Å². The Bertz CT molecular complexity index is 369. The van der Waals surface area contributed by atoms with E-state index >= 15 is 0 Å². The summed E-state index contributed by atoms with van der Waals surface area (Å²) in [6.07, 6.45) is 9.04. The Hall–Kier alpha value is -1.32. The van der Waals surface area contributed by atoms with Gasteiger partial charge in [-0.1, -0.05) is 31.9 Å². The number of aliphatic carboxylic acids is 1. The Morgan fingerprint density at radius 1 is 1.33 bits per heavy atom. The van der Waals surface area contributed by atoms with Gasteiger partial charge in [0.1, 0.15) is 0 Å². The average molecular weight is 251 g/mol. The Kier molecular flexibility index (Phi) is 3.73. The van der Waals surface area contributed by atoms with Crippen LogP contribution < -0.4 is 5.32 Å². The summed E-state index contributed by atoms with van der Waals surface area (Å²) in [5, 5.41) is 11.9. The molecular weight excluding hydrogens is 230 g/mol. The third kappa shape index (κ3) is 2.42. The maximum atomic E-state index is 12.3. The van der Waals surface area contributed by atoms with E-state index in [4.69, 9.17) is 5.11 Å². The molecule has 0 aromatic heterocycles. The van der Waals surface area contributed by atoms with Crippen LogP contribution in [0.4, 0.5) is 0 Å². The van der Waals surface area contributed by atoms with Crippen molar-refractivity contribution in [2.75, 3.05) is 0 Å². The molecule has 0 saturated heterocycles. The highest BCUT2D eigenvalue weighted by Gasteiger charge is 2.40. The van der Waals surface area contributed by atoms with Crippen LogP contribution >= 0.6 is 0 Å². The zero-order valence-corrected chi connectivity index (χ0v) is 10.8. The maximum absolute atomic E-state index is 12.3. The Labute approximate surface area is 107 Å². The number of carbonyl (C=O) groups is 2. The summed E-state index contributed by atoms with van der Waals surface area (Å²) < 4.78 is 0. The van der Waals surface area contributed by atoms with E-state index in [-0.39, 0.29) is 17.4 Å². The van der Waals surface area contributed by atoms with E-state index in [2.05, 4.69) is 12.2 Å². The van der Waals surface area contributed by atoms with Crippen LogP contribution in [-0.2, 0) is 9.59 Å². The van der Waals surface area contributed by atoms with Gasteiger partial charge in [-0.2, -0.15) is 0 Å². The van der Waals surface area contributed by atoms with Crippen LogP contribution in [0.1, 0.15) is 45.4 Å². The molecule has 0 spiro atoms. The molecule has 2 aliphatic rings. The SMILES string of the molecule is CCC1(C(=O)NC2C=CC(C(=O)O)C2)CCCC1. The van der Waals surface area contributed by atoms with Gasteiger partial charge in [0, 0.05) is 11.5 Å². The number of hydrogen-bond donors (Lipinski definition) is 2. The predicted molar refractivity (Wildman–Crippen MR) is 68.0 cm³/mol. The van der Waals surface area contributed by atoms with Gasteiger partial charge >= 0.3 is 5.97 Å². The predicted octanol–water partition coefficient (Wildman–Crippen LogP) is 2.10. The Morgan fingerprint density at radius 3 is 2.50 bits per heavy atom. The Balaban J connectivity index is 1.93. The first-order valence-electron chi connectivity index (χ1n) is 6.79. The molecule has 0 aromatic carbocycles. The molecule has 2 aliphatic carbocycles. The monoisotopic (exact) mass is 251 g/mol. The van der Waals surface area contributed by atoms with Crippen molar-refractivity contribution >= 4 is 11.9 Å². The molecule has 1 fully saturated rings. The van der Waals surface area contributed by atoms with Crippen LogP contribution in [-0.4, -0.2) is 23.0 Å². The van der Waals surface area contributed by atoms with Gasteiger partial charge in [0.05, 0.1) is 5.92 Å². The minimum atomic E-state index is -0.811. The fourth-order valence-electron chi connectivity index (χ4n) is 3.10. The lowest BCUT2D eigenvalue weighted by molar-refractivity contribution is -0.140. The van der Waals surface area contributed by atoms with E-state index in [1.54, 1.807) is 6.08 Å². The number of nitrogens with one attached hydrogen (secondary N) is 1. The van der Waals surface area contributed by atoms with Crippen LogP contribution in [0.5, 0.6) is 0 Å². The molecule has 0 aromatic rings. The van der Waals surface area contributed by atoms with Gasteiger partial charge in [-0.05, 0) is 25.7 Å². The van der Waals surface area contributed by atoms with E-state index in [1.165, 1.54) is 0 Å². The van der Waals surface area contributed by atoms with Gasteiger partial charge in [0.2, 0.25) is 5.91 Å². The van der Waals surface area contributed by atoms with Crippen LogP contribution in [0, 0.1) is 11.3 Å². The lowest BCUT2D eigenvalue weighted by atomic mass is 9.82. The van der Waals surface area contributed by atoms with Crippen molar-refractivity contribution < 1.29 is 14.7 Å². The van der Waals surface area contributed by atoms with Crippen molar-refractivity contribution in [2.45, 2.75) is 51.5 Å². The van der Waals surface area contributed by atoms with Crippen molar-refractivity contribution in [1.82, 2.24) is 5.32 Å². The molecule has 4 nitrogen and oxygen atoms in total. The zero-order chi connectivity index (χ0) is 13.2. The molecule has 2 rings (SSSR count). The molecule has 1 saturated carbocycles. The standard InChI is InChI=1S/C14H21NO3/c1-2-14(7-3-4-8-14)13(18)15-11-6-5-10(9-11)12(16)17/h5-6,10-11H,2-4,7-9H2,1H3,(H,15,18)(H,16,17). The molecule has 0 aliphatic heterocycles. The first kappa shape index (κ1) is 13.1. The molecule has 2 atom stereocenters. The van der Waals surface area contributed by atoms with Gasteiger partial charge in [-0.15, -0.1) is 0 Å². The van der Waals surface area contributed by atoms with Gasteiger partial charge in [0.25, 0.3) is 0 Å². The third-order valence-electron chi connectivity index (χ3n) is 4.44. The second-order valence-electron chi connectivity index (χ2n) is 5.49. The van der Waals surface area contributed by atoms with Gasteiger partial charge in [0.15, 0.2) is 0 Å². The molecule has 100 valence electrons. The highest BCUT2D eigenvalue weighted by Crippen LogP contribution is 2.41. The summed E-state index contributed by atoms with van der Waals surface area (Å²) in [6, 6.07) is -0.109. The fourth-order valence-corrected chi connectivity index (χ4v) is 3.10. The van der Waals surface area contributed by atoms with E-state index in [9.17, 15) is 9.59 Å². The van der Waals surface area contributed by atoms with Crippen molar-refractivity contribution in [2.24, 2.45) is 11.3 Å². The third-order valence-corrected chi connectivity index (χ3v) is 4.44. The van der Waals surface area contributed by atoms with Gasteiger partial charge in [-0.3, -0.25) is 9.59 Å². The summed E-state index contributed by atoms with van der Waals surface area (Å²) in [7, 11) is 0. The summed E-state index contributed by atoms with van der Waals surface area (Å²) in [4.78, 5) is 23.2. The first-order valence-corrected chi connectivity index (χ1v) is 6.79. The second-order valence-corrected chi connectivity index (χ2v) is 5.49. The molecule has 2 unspecified atom stereocenters. The summed E-state index contributed by atoms with van der Waals surface area (Å²) in [5.41, 5.74) is -0.199. The number of carboxylic acid groups (broad SMARTS) is 1. The number of carboxylic acids is 1. The Morgan fingerprint density at radius 2 is 2.00 bits per heavy atom. The molecule has 18 heavy (non-hydrogen) atoms. The van der Waals surface area contributed by atoms with Crippen LogP contribution in [0.3, 0.4) is 0 Å². The largest absolute Gasteiger partial charge is 0.481 e. The number of carbonyl (C=O) groups excluding carboxylic acids is 1. The zero-order valence-electron chi connectivity index (χ0n) is 10.8. The van der Waals surface area contributed by atoms with Gasteiger partial charge < -0.3 is 10.4 Å². The normalized spacial score (nSPS) is 29.4. The number of amides is 1. The summed E-state index contributed by atoms with van der Waals surface area (Å²) in [5.74, 6) is -1.14. The van der Waals surface area contributed by atoms with Crippen molar-refractivity contribution in [3.05, 3.63) is 12.2 Å². The minimum Gasteiger partial charge on any atom is -0.481 e. The lowest BCUT2D eigenvalue weighted by Crippen LogP contribution is -2.43. The van der Waals surface area contributed by atoms with E-state index < -0.39 is 11.9 Å². The average Bonchev–Trinajstić information content (AvgIpc) is 2.97. The molecule has 0 radical (unpaired) electrons. The highest BCUT2D eigenvalue weighted by molar-refractivity contribution is 5.83. The first-order chi connectivity index (χ1) is 8.57. The smallest absolute Gasteiger partial charge is 0.310 e. The second kappa shape index (κ2) is 5.12. The topological polar surface area (TPSA) is 66.4 Å². The van der Waals surface area contributed by atoms with Crippen LogP contribution in [0.15, 0.2) is 12.2 Å². The van der Waals surface area contributed by atoms with E-state index in [0.29, 0.717) is 6.42 Å². The fraction of sp³-hybridized carbons (Fsp3) is 0.714. The van der Waals surface area contributed by atoms with Gasteiger partial charge in [-0.25, -0.2) is 0 Å². The summed E-state index contributed by atoms with van der Waals surface area (Å²) in [6.45, 7) is 2.06. The molecular formula is C14H21NO3. The number of rotatable bonds is 4. The highest BCUT2D eigenvalue weighted by atomic mass is 16.4. The molecule has 1 amide bonds. The van der Waals surface area contributed by atoms with Crippen molar-refractivity contribution in [3.8, 4) is 0 Å². The van der Waals surface area contributed by atoms with Crippen molar-refractivity contribution in [3.63, 3.8) is 0 Å². The van der Waals surface area contributed by atoms with E-state index in [1.807, 2.05) is 6.08 Å². The minimum absolute atomic E-state index is 0.109. The van der Waals surface area contributed by atoms with E-state index in [0.717, 1.165) is 32.1 Å². The molecule has 2 N–H and O–H groups in total.